The van der Waals surface area contributed by atoms with Gasteiger partial charge < -0.3 is 15.0 Å². The van der Waals surface area contributed by atoms with Crippen LogP contribution in [0, 0.1) is 0 Å². The predicted molar refractivity (Wildman–Crippen MR) is 58.0 cm³/mol. The Hall–Kier alpha value is -1.73. The Morgan fingerprint density at radius 2 is 2.22 bits per heavy atom. The van der Waals surface area contributed by atoms with E-state index >= 15 is 0 Å². The molecule has 1 atom stereocenters. The van der Waals surface area contributed by atoms with Crippen molar-refractivity contribution in [3.8, 4) is 0 Å². The van der Waals surface area contributed by atoms with Crippen LogP contribution in [0.15, 0.2) is 6.33 Å². The summed E-state index contributed by atoms with van der Waals surface area (Å²) in [5.74, 6) is -0.863. The zero-order chi connectivity index (χ0) is 13.9. The average Bonchev–Trinajstić information content (AvgIpc) is 2.57. The van der Waals surface area contributed by atoms with Crippen molar-refractivity contribution in [3.05, 3.63) is 12.0 Å². The fraction of sp³-hybridized carbons (Fsp3) is 0.600. The molecule has 0 bridgehead atoms. The van der Waals surface area contributed by atoms with Gasteiger partial charge in [-0.3, -0.25) is 0 Å². The molecule has 0 radical (unpaired) electrons. The topological polar surface area (TPSA) is 70.1 Å². The number of aromatic nitrogens is 2. The number of halogens is 3. The number of ether oxygens (including phenoxy) is 1. The van der Waals surface area contributed by atoms with E-state index in [0.29, 0.717) is 0 Å². The molecule has 1 unspecified atom stereocenters. The van der Waals surface area contributed by atoms with Crippen LogP contribution in [0.2, 0.25) is 0 Å². The number of nitrogens with two attached hydrogens (primary N) is 1. The van der Waals surface area contributed by atoms with Gasteiger partial charge in [-0.1, -0.05) is 0 Å². The highest BCUT2D eigenvalue weighted by atomic mass is 19.4. The van der Waals surface area contributed by atoms with Crippen LogP contribution in [0.3, 0.4) is 0 Å². The molecule has 0 aliphatic rings. The molecule has 0 fully saturated rings. The molecule has 1 aromatic heterocycles. The summed E-state index contributed by atoms with van der Waals surface area (Å²) in [6.45, 7) is 3.10. The normalized spacial score (nSPS) is 13.4. The van der Waals surface area contributed by atoms with Crippen LogP contribution >= 0.6 is 0 Å². The van der Waals surface area contributed by atoms with E-state index in [2.05, 4.69) is 9.72 Å². The van der Waals surface area contributed by atoms with Gasteiger partial charge in [-0.15, -0.1) is 0 Å². The molecule has 0 saturated heterocycles. The zero-order valence-electron chi connectivity index (χ0n) is 9.99. The number of carbonyl (C=O) groups is 1. The summed E-state index contributed by atoms with van der Waals surface area (Å²) in [5, 5.41) is 0. The molecule has 18 heavy (non-hydrogen) atoms. The summed E-state index contributed by atoms with van der Waals surface area (Å²) in [7, 11) is 0. The minimum Gasteiger partial charge on any atom is -0.461 e. The average molecular weight is 265 g/mol. The van der Waals surface area contributed by atoms with E-state index in [-0.39, 0.29) is 18.1 Å². The lowest BCUT2D eigenvalue weighted by atomic mass is 10.2. The van der Waals surface area contributed by atoms with Crippen LogP contribution in [0.25, 0.3) is 0 Å². The fourth-order valence-corrected chi connectivity index (χ4v) is 1.51. The number of anilines is 1. The molecular formula is C10H14F3N3O2. The zero-order valence-corrected chi connectivity index (χ0v) is 9.99. The molecule has 1 heterocycles. The van der Waals surface area contributed by atoms with E-state index in [9.17, 15) is 18.0 Å². The second-order valence-electron chi connectivity index (χ2n) is 3.77. The largest absolute Gasteiger partial charge is 0.461 e. The maximum atomic E-state index is 12.2. The van der Waals surface area contributed by atoms with Gasteiger partial charge in [0.25, 0.3) is 0 Å². The predicted octanol–water partition coefficient (Wildman–Crippen LogP) is 2.16. The molecule has 0 aliphatic heterocycles. The number of imidazole rings is 1. The van der Waals surface area contributed by atoms with Gasteiger partial charge in [-0.25, -0.2) is 9.78 Å². The number of rotatable bonds is 4. The van der Waals surface area contributed by atoms with Crippen LogP contribution < -0.4 is 5.73 Å². The first-order valence-electron chi connectivity index (χ1n) is 5.32. The number of esters is 1. The van der Waals surface area contributed by atoms with Gasteiger partial charge in [0, 0.05) is 6.04 Å². The first-order chi connectivity index (χ1) is 8.26. The molecule has 0 aliphatic carbocycles. The van der Waals surface area contributed by atoms with Crippen LogP contribution in [-0.4, -0.2) is 28.3 Å². The summed E-state index contributed by atoms with van der Waals surface area (Å²) in [4.78, 5) is 15.1. The minimum absolute atomic E-state index is 0.120. The number of hydrogen-bond acceptors (Lipinski definition) is 4. The van der Waals surface area contributed by atoms with Gasteiger partial charge in [0.15, 0.2) is 5.69 Å². The highest BCUT2D eigenvalue weighted by molar-refractivity contribution is 5.92. The van der Waals surface area contributed by atoms with Gasteiger partial charge in [0.1, 0.15) is 5.82 Å². The van der Waals surface area contributed by atoms with Crippen molar-refractivity contribution >= 4 is 11.8 Å². The summed E-state index contributed by atoms with van der Waals surface area (Å²) < 4.78 is 42.5. The quantitative estimate of drug-likeness (QED) is 0.847. The van der Waals surface area contributed by atoms with Crippen molar-refractivity contribution in [1.82, 2.24) is 9.55 Å². The maximum Gasteiger partial charge on any atom is 0.391 e. The standard InChI is InChI=1S/C10H14F3N3O2/c1-3-18-9(17)7-8(14)16(5-15-7)6(2)4-10(11,12)13/h5-6H,3-4,14H2,1-2H3. The first-order valence-corrected chi connectivity index (χ1v) is 5.32. The van der Waals surface area contributed by atoms with Gasteiger partial charge in [0.2, 0.25) is 0 Å². The monoisotopic (exact) mass is 265 g/mol. The van der Waals surface area contributed by atoms with Crippen molar-refractivity contribution < 1.29 is 22.7 Å². The third-order valence-electron chi connectivity index (χ3n) is 2.30. The molecule has 1 rings (SSSR count). The third-order valence-corrected chi connectivity index (χ3v) is 2.30. The van der Waals surface area contributed by atoms with Crippen LogP contribution in [0.5, 0.6) is 0 Å². The van der Waals surface area contributed by atoms with Crippen LogP contribution in [0.4, 0.5) is 19.0 Å². The molecule has 5 nitrogen and oxygen atoms in total. The Morgan fingerprint density at radius 3 is 2.72 bits per heavy atom. The number of hydrogen-bond donors (Lipinski definition) is 1. The Bertz CT molecular complexity index is 428. The van der Waals surface area contributed by atoms with Gasteiger partial charge in [0.05, 0.1) is 19.4 Å². The fourth-order valence-electron chi connectivity index (χ4n) is 1.51. The highest BCUT2D eigenvalue weighted by Crippen LogP contribution is 2.29. The minimum atomic E-state index is -4.31. The molecular weight excluding hydrogens is 251 g/mol. The molecule has 102 valence electrons. The second kappa shape index (κ2) is 5.28. The molecule has 0 saturated carbocycles. The summed E-state index contributed by atoms with van der Waals surface area (Å²) in [5.41, 5.74) is 5.43. The Balaban J connectivity index is 2.89. The van der Waals surface area contributed by atoms with Gasteiger partial charge in [-0.2, -0.15) is 13.2 Å². The maximum absolute atomic E-state index is 12.2. The molecule has 0 aromatic carbocycles. The molecule has 2 N–H and O–H groups in total. The molecule has 0 amide bonds. The van der Waals surface area contributed by atoms with Crippen LogP contribution in [0.1, 0.15) is 36.8 Å². The summed E-state index contributed by atoms with van der Waals surface area (Å²) >= 11 is 0. The number of nitrogens with zero attached hydrogens (tertiary/aromatic N) is 2. The lowest BCUT2D eigenvalue weighted by Gasteiger charge is -2.16. The first kappa shape index (κ1) is 14.3. The van der Waals surface area contributed by atoms with Crippen molar-refractivity contribution in [2.75, 3.05) is 12.3 Å². The van der Waals surface area contributed by atoms with Crippen molar-refractivity contribution in [2.24, 2.45) is 0 Å². The van der Waals surface area contributed by atoms with E-state index in [0.717, 1.165) is 10.9 Å². The van der Waals surface area contributed by atoms with Gasteiger partial charge in [-0.05, 0) is 13.8 Å². The lowest BCUT2D eigenvalue weighted by molar-refractivity contribution is -0.141. The van der Waals surface area contributed by atoms with Gasteiger partial charge >= 0.3 is 12.1 Å². The Morgan fingerprint density at radius 1 is 1.61 bits per heavy atom. The van der Waals surface area contributed by atoms with Crippen molar-refractivity contribution in [2.45, 2.75) is 32.5 Å². The summed E-state index contributed by atoms with van der Waals surface area (Å²) in [6.07, 6.45) is -4.24. The Kier molecular flexibility index (Phi) is 4.20. The van der Waals surface area contributed by atoms with Crippen molar-refractivity contribution in [1.29, 1.82) is 0 Å². The highest BCUT2D eigenvalue weighted by Gasteiger charge is 2.32. The molecule has 1 aromatic rings. The van der Waals surface area contributed by atoms with E-state index in [1.54, 1.807) is 6.92 Å². The van der Waals surface area contributed by atoms with E-state index < -0.39 is 24.6 Å². The van der Waals surface area contributed by atoms with E-state index in [1.165, 1.54) is 6.92 Å². The third kappa shape index (κ3) is 3.38. The van der Waals surface area contributed by atoms with Crippen LogP contribution in [-0.2, 0) is 4.74 Å². The SMILES string of the molecule is CCOC(=O)c1ncn(C(C)CC(F)(F)F)c1N. The smallest absolute Gasteiger partial charge is 0.391 e. The molecule has 8 heteroatoms. The van der Waals surface area contributed by atoms with E-state index in [4.69, 9.17) is 5.73 Å². The lowest BCUT2D eigenvalue weighted by Crippen LogP contribution is -2.18. The number of carbonyl (C=O) groups excluding carboxylic acids is 1. The second-order valence-corrected chi connectivity index (χ2v) is 3.77. The summed E-state index contributed by atoms with van der Waals surface area (Å²) in [6, 6.07) is -0.930. The van der Waals surface area contributed by atoms with Crippen molar-refractivity contribution in [3.63, 3.8) is 0 Å². The Labute approximate surface area is 102 Å². The van der Waals surface area contributed by atoms with E-state index in [1.807, 2.05) is 0 Å². The molecule has 0 spiro atoms. The number of alkyl halides is 3. The number of nitrogen functional groups attached to an aromatic ring is 1.